The molecule has 1 fully saturated rings. The quantitative estimate of drug-likeness (QED) is 0.632. The molecule has 1 saturated heterocycles. The maximum absolute atomic E-state index is 11.9. The maximum atomic E-state index is 11.9. The first-order valence-corrected chi connectivity index (χ1v) is 7.14. The van der Waals surface area contributed by atoms with Crippen molar-refractivity contribution in [2.45, 2.75) is 19.8 Å². The van der Waals surface area contributed by atoms with E-state index in [-0.39, 0.29) is 18.3 Å². The number of methoxy groups -OCH3 is 1. The van der Waals surface area contributed by atoms with Crippen LogP contribution in [0.15, 0.2) is 18.2 Å². The molecular weight excluding hydrogens is 288 g/mol. The van der Waals surface area contributed by atoms with Gasteiger partial charge in [0.1, 0.15) is 0 Å². The molecule has 4 atom stereocenters. The summed E-state index contributed by atoms with van der Waals surface area (Å²) in [7, 11) is 1.45. The first kappa shape index (κ1) is 16.3. The van der Waals surface area contributed by atoms with Crippen molar-refractivity contribution in [2.24, 2.45) is 17.8 Å². The molecule has 4 unspecified atom stereocenters. The van der Waals surface area contributed by atoms with Crippen molar-refractivity contribution < 1.29 is 29.3 Å². The monoisotopic (exact) mass is 308 g/mol. The molecule has 2 rings (SSSR count). The van der Waals surface area contributed by atoms with E-state index in [1.807, 2.05) is 6.92 Å². The van der Waals surface area contributed by atoms with E-state index in [2.05, 4.69) is 4.74 Å². The van der Waals surface area contributed by atoms with Crippen LogP contribution in [0.25, 0.3) is 0 Å². The van der Waals surface area contributed by atoms with Crippen LogP contribution in [-0.4, -0.2) is 35.9 Å². The highest BCUT2D eigenvalue weighted by Crippen LogP contribution is 2.40. The third-order valence-corrected chi connectivity index (χ3v) is 4.43. The number of aromatic hydroxyl groups is 1. The van der Waals surface area contributed by atoms with Crippen LogP contribution in [0.2, 0.25) is 0 Å². The number of carbonyl (C=O) groups is 2. The number of rotatable bonds is 5. The summed E-state index contributed by atoms with van der Waals surface area (Å²) >= 11 is 0. The first-order valence-electron chi connectivity index (χ1n) is 7.14. The summed E-state index contributed by atoms with van der Waals surface area (Å²) < 4.78 is 9.74. The van der Waals surface area contributed by atoms with Gasteiger partial charge >= 0.3 is 11.9 Å². The number of aliphatic hydroxyl groups excluding tert-OH is 1. The minimum atomic E-state index is -0.674. The number of esters is 2. The van der Waals surface area contributed by atoms with Gasteiger partial charge in [0.05, 0.1) is 18.9 Å². The highest BCUT2D eigenvalue weighted by molar-refractivity contribution is 5.96. The summed E-state index contributed by atoms with van der Waals surface area (Å²) in [6, 6.07) is 4.87. The molecule has 1 heterocycles. The number of phenols is 1. The molecule has 0 bridgehead atoms. The number of carbonyl (C=O) groups excluding carboxylic acids is 2. The number of aliphatic hydroxyl groups is 1. The Kier molecular flexibility index (Phi) is 4.71. The second-order valence-electron chi connectivity index (χ2n) is 5.62. The van der Waals surface area contributed by atoms with Gasteiger partial charge in [0.15, 0.2) is 11.5 Å². The fourth-order valence-corrected chi connectivity index (χ4v) is 2.96. The summed E-state index contributed by atoms with van der Waals surface area (Å²) in [5, 5.41) is 19.4. The molecule has 6 heteroatoms. The standard InChI is InChI=1S/C16H20O6/c1-8(10-4-5-12(18)13(6-10)21-3)11(7-17)14-9(2)15(19)22-16(14)20/h4-6,8-9,11,14,17-18H,7H2,1-3H3. The zero-order chi connectivity index (χ0) is 16.4. The Morgan fingerprint density at radius 1 is 1.32 bits per heavy atom. The van der Waals surface area contributed by atoms with Gasteiger partial charge in [-0.05, 0) is 23.6 Å². The molecule has 1 aromatic carbocycles. The average Bonchev–Trinajstić information content (AvgIpc) is 2.75. The van der Waals surface area contributed by atoms with Crippen LogP contribution in [0, 0.1) is 17.8 Å². The van der Waals surface area contributed by atoms with Crippen molar-refractivity contribution in [1.82, 2.24) is 0 Å². The van der Waals surface area contributed by atoms with Gasteiger partial charge in [-0.3, -0.25) is 9.59 Å². The minimum Gasteiger partial charge on any atom is -0.504 e. The Morgan fingerprint density at radius 3 is 2.50 bits per heavy atom. The second kappa shape index (κ2) is 6.36. The summed E-state index contributed by atoms with van der Waals surface area (Å²) in [6.45, 7) is 3.24. The van der Waals surface area contributed by atoms with E-state index in [1.54, 1.807) is 19.1 Å². The van der Waals surface area contributed by atoms with E-state index in [0.29, 0.717) is 5.75 Å². The Morgan fingerprint density at radius 2 is 2.00 bits per heavy atom. The normalized spacial score (nSPS) is 24.0. The Balaban J connectivity index is 2.31. The SMILES string of the molecule is COc1cc(C(C)C(CO)C2C(=O)OC(=O)C2C)ccc1O. The van der Waals surface area contributed by atoms with Gasteiger partial charge in [-0.15, -0.1) is 0 Å². The van der Waals surface area contributed by atoms with E-state index in [4.69, 9.17) is 4.74 Å². The minimum absolute atomic E-state index is 0.0165. The molecule has 0 aromatic heterocycles. The summed E-state index contributed by atoms with van der Waals surface area (Å²) in [5.41, 5.74) is 0.799. The molecule has 0 aliphatic carbocycles. The lowest BCUT2D eigenvalue weighted by molar-refractivity contribution is -0.154. The summed E-state index contributed by atoms with van der Waals surface area (Å²) in [4.78, 5) is 23.4. The molecule has 6 nitrogen and oxygen atoms in total. The second-order valence-corrected chi connectivity index (χ2v) is 5.62. The molecule has 22 heavy (non-hydrogen) atoms. The van der Waals surface area contributed by atoms with Gasteiger partial charge in [-0.2, -0.15) is 0 Å². The number of benzene rings is 1. The molecule has 1 aliphatic rings. The third-order valence-electron chi connectivity index (χ3n) is 4.43. The molecule has 1 aromatic rings. The number of ether oxygens (including phenoxy) is 2. The van der Waals surface area contributed by atoms with Crippen molar-refractivity contribution in [3.05, 3.63) is 23.8 Å². The fourth-order valence-electron chi connectivity index (χ4n) is 2.96. The van der Waals surface area contributed by atoms with Crippen molar-refractivity contribution in [2.75, 3.05) is 13.7 Å². The van der Waals surface area contributed by atoms with E-state index in [1.165, 1.54) is 13.2 Å². The Hall–Kier alpha value is -2.08. The lowest BCUT2D eigenvalue weighted by atomic mass is 9.75. The smallest absolute Gasteiger partial charge is 0.317 e. The van der Waals surface area contributed by atoms with Crippen molar-refractivity contribution in [1.29, 1.82) is 0 Å². The summed E-state index contributed by atoms with van der Waals surface area (Å²) in [6.07, 6.45) is 0. The van der Waals surface area contributed by atoms with Crippen molar-refractivity contribution >= 4 is 11.9 Å². The van der Waals surface area contributed by atoms with E-state index < -0.39 is 29.7 Å². The molecule has 0 spiro atoms. The Bertz CT molecular complexity index is 582. The van der Waals surface area contributed by atoms with Crippen LogP contribution in [0.3, 0.4) is 0 Å². The topological polar surface area (TPSA) is 93.1 Å². The van der Waals surface area contributed by atoms with Crippen LogP contribution in [0.1, 0.15) is 25.3 Å². The van der Waals surface area contributed by atoms with E-state index in [9.17, 15) is 19.8 Å². The molecule has 0 amide bonds. The zero-order valence-electron chi connectivity index (χ0n) is 12.8. The predicted molar refractivity (Wildman–Crippen MR) is 77.4 cm³/mol. The van der Waals surface area contributed by atoms with Gasteiger partial charge < -0.3 is 19.7 Å². The Labute approximate surface area is 128 Å². The maximum Gasteiger partial charge on any atom is 0.317 e. The van der Waals surface area contributed by atoms with Gasteiger partial charge in [0, 0.05) is 12.5 Å². The molecule has 0 radical (unpaired) electrons. The van der Waals surface area contributed by atoms with Gasteiger partial charge in [0.25, 0.3) is 0 Å². The van der Waals surface area contributed by atoms with Crippen molar-refractivity contribution in [3.8, 4) is 11.5 Å². The highest BCUT2D eigenvalue weighted by atomic mass is 16.6. The van der Waals surface area contributed by atoms with E-state index >= 15 is 0 Å². The molecule has 0 saturated carbocycles. The summed E-state index contributed by atoms with van der Waals surface area (Å²) in [5.74, 6) is -2.73. The lowest BCUT2D eigenvalue weighted by Gasteiger charge is -2.27. The van der Waals surface area contributed by atoms with Crippen LogP contribution >= 0.6 is 0 Å². The molecule has 120 valence electrons. The van der Waals surface area contributed by atoms with Crippen LogP contribution < -0.4 is 4.74 Å². The number of cyclic esters (lactones) is 2. The highest BCUT2D eigenvalue weighted by Gasteiger charge is 2.47. The largest absolute Gasteiger partial charge is 0.504 e. The lowest BCUT2D eigenvalue weighted by Crippen LogP contribution is -2.31. The first-order chi connectivity index (χ1) is 10.4. The third kappa shape index (κ3) is 2.78. The fraction of sp³-hybridized carbons (Fsp3) is 0.500. The van der Waals surface area contributed by atoms with Gasteiger partial charge in [-0.1, -0.05) is 19.9 Å². The van der Waals surface area contributed by atoms with Crippen LogP contribution in [-0.2, 0) is 14.3 Å². The number of phenolic OH excluding ortho intramolecular Hbond substituents is 1. The van der Waals surface area contributed by atoms with Crippen LogP contribution in [0.4, 0.5) is 0 Å². The molecular formula is C16H20O6. The zero-order valence-corrected chi connectivity index (χ0v) is 12.8. The average molecular weight is 308 g/mol. The van der Waals surface area contributed by atoms with Gasteiger partial charge in [0.2, 0.25) is 0 Å². The predicted octanol–water partition coefficient (Wildman–Crippen LogP) is 1.45. The number of hydrogen-bond donors (Lipinski definition) is 2. The number of hydrogen-bond acceptors (Lipinski definition) is 6. The molecule has 2 N–H and O–H groups in total. The van der Waals surface area contributed by atoms with Crippen LogP contribution in [0.5, 0.6) is 11.5 Å². The van der Waals surface area contributed by atoms with Crippen molar-refractivity contribution in [3.63, 3.8) is 0 Å². The van der Waals surface area contributed by atoms with Gasteiger partial charge in [-0.25, -0.2) is 0 Å². The van der Waals surface area contributed by atoms with E-state index in [0.717, 1.165) is 5.56 Å². The molecule has 1 aliphatic heterocycles.